The summed E-state index contributed by atoms with van der Waals surface area (Å²) < 4.78 is 4.66. The van der Waals surface area contributed by atoms with E-state index >= 15 is 0 Å². The van der Waals surface area contributed by atoms with E-state index in [0.717, 1.165) is 13.0 Å². The molecule has 0 spiro atoms. The molecule has 0 saturated heterocycles. The van der Waals surface area contributed by atoms with Crippen molar-refractivity contribution in [1.82, 2.24) is 25.4 Å². The Labute approximate surface area is 128 Å². The van der Waals surface area contributed by atoms with Gasteiger partial charge in [0.15, 0.2) is 0 Å². The van der Waals surface area contributed by atoms with Crippen LogP contribution >= 0.6 is 0 Å². The molecule has 0 unspecified atom stereocenters. The molecule has 116 valence electrons. The summed E-state index contributed by atoms with van der Waals surface area (Å²) in [5.41, 5.74) is 4.93. The van der Waals surface area contributed by atoms with Crippen molar-refractivity contribution in [2.24, 2.45) is 0 Å². The number of carbonyl (C=O) groups excluding carboxylic acids is 1. The Bertz CT molecular complexity index is 701. The molecule has 1 saturated carbocycles. The van der Waals surface area contributed by atoms with E-state index in [1.54, 1.807) is 6.92 Å². The van der Waals surface area contributed by atoms with E-state index in [4.69, 9.17) is 0 Å². The van der Waals surface area contributed by atoms with Crippen LogP contribution in [0.1, 0.15) is 53.5 Å². The average molecular weight is 301 g/mol. The lowest BCUT2D eigenvalue weighted by Crippen LogP contribution is -2.37. The van der Waals surface area contributed by atoms with Gasteiger partial charge in [0.05, 0.1) is 12.1 Å². The normalized spacial score (nSPS) is 18.1. The minimum atomic E-state index is 0.0743. The van der Waals surface area contributed by atoms with E-state index in [1.807, 2.05) is 4.90 Å². The molecule has 1 fully saturated rings. The van der Waals surface area contributed by atoms with Crippen LogP contribution < -0.4 is 0 Å². The minimum absolute atomic E-state index is 0.0743. The van der Waals surface area contributed by atoms with Gasteiger partial charge in [0.25, 0.3) is 0 Å². The maximum Gasteiger partial charge on any atom is 0.229 e. The molecular weight excluding hydrogens is 282 g/mol. The first-order valence-corrected chi connectivity index (χ1v) is 7.84. The fraction of sp³-hybridized carbons (Fsp3) is 0.600. The summed E-state index contributed by atoms with van der Waals surface area (Å²) in [4.78, 5) is 14.4. The number of hydrogen-bond acceptors (Lipinski definition) is 5. The third-order valence-corrected chi connectivity index (χ3v) is 4.88. The molecule has 22 heavy (non-hydrogen) atoms. The molecule has 1 amide bonds. The zero-order valence-electron chi connectivity index (χ0n) is 12.6. The van der Waals surface area contributed by atoms with E-state index < -0.39 is 0 Å². The SMILES string of the molecule is Cc1nonc1CC(=O)N1CCc2[nH]nc(C3CCC3)c2C1. The maximum atomic E-state index is 12.5. The molecule has 7 nitrogen and oxygen atoms in total. The van der Waals surface area contributed by atoms with Gasteiger partial charge in [0, 0.05) is 36.7 Å². The number of aromatic nitrogens is 4. The van der Waals surface area contributed by atoms with E-state index in [9.17, 15) is 4.79 Å². The zero-order valence-corrected chi connectivity index (χ0v) is 12.6. The van der Waals surface area contributed by atoms with E-state index in [2.05, 4.69) is 25.1 Å². The van der Waals surface area contributed by atoms with Crippen LogP contribution in [-0.4, -0.2) is 37.9 Å². The lowest BCUT2D eigenvalue weighted by molar-refractivity contribution is -0.131. The zero-order chi connectivity index (χ0) is 15.1. The van der Waals surface area contributed by atoms with Gasteiger partial charge in [-0.1, -0.05) is 16.7 Å². The number of rotatable bonds is 3. The van der Waals surface area contributed by atoms with Crippen molar-refractivity contribution in [2.45, 2.75) is 51.5 Å². The van der Waals surface area contributed by atoms with Crippen molar-refractivity contribution in [2.75, 3.05) is 6.54 Å². The number of amides is 1. The first-order valence-electron chi connectivity index (χ1n) is 7.84. The van der Waals surface area contributed by atoms with E-state index in [1.165, 1.54) is 36.2 Å². The Morgan fingerprint density at radius 1 is 1.41 bits per heavy atom. The topological polar surface area (TPSA) is 87.9 Å². The highest BCUT2D eigenvalue weighted by molar-refractivity contribution is 5.78. The molecule has 1 aliphatic carbocycles. The first-order chi connectivity index (χ1) is 10.7. The predicted molar refractivity (Wildman–Crippen MR) is 77.0 cm³/mol. The molecule has 1 aliphatic heterocycles. The van der Waals surface area contributed by atoms with Crippen molar-refractivity contribution >= 4 is 5.91 Å². The third kappa shape index (κ3) is 2.20. The van der Waals surface area contributed by atoms with Gasteiger partial charge in [0.2, 0.25) is 5.91 Å². The Morgan fingerprint density at radius 2 is 2.27 bits per heavy atom. The summed E-state index contributed by atoms with van der Waals surface area (Å²) in [6.45, 7) is 3.18. The summed E-state index contributed by atoms with van der Waals surface area (Å²) in [5, 5.41) is 15.2. The summed E-state index contributed by atoms with van der Waals surface area (Å²) in [6.07, 6.45) is 4.82. The molecular formula is C15H19N5O2. The maximum absolute atomic E-state index is 12.5. The number of aryl methyl sites for hydroxylation is 1. The Kier molecular flexibility index (Phi) is 3.20. The van der Waals surface area contributed by atoms with Gasteiger partial charge in [-0.25, -0.2) is 4.63 Å². The Morgan fingerprint density at radius 3 is 2.95 bits per heavy atom. The fourth-order valence-electron chi connectivity index (χ4n) is 3.21. The Hall–Kier alpha value is -2.18. The van der Waals surface area contributed by atoms with Gasteiger partial charge in [0.1, 0.15) is 11.4 Å². The molecule has 7 heteroatoms. The van der Waals surface area contributed by atoms with Gasteiger partial charge >= 0.3 is 0 Å². The molecule has 2 aromatic heterocycles. The van der Waals surface area contributed by atoms with Crippen LogP contribution in [0.15, 0.2) is 4.63 Å². The van der Waals surface area contributed by atoms with Crippen molar-refractivity contribution in [1.29, 1.82) is 0 Å². The fourth-order valence-corrected chi connectivity index (χ4v) is 3.21. The number of nitrogens with zero attached hydrogens (tertiary/aromatic N) is 4. The number of nitrogens with one attached hydrogen (secondary N) is 1. The average Bonchev–Trinajstić information content (AvgIpc) is 3.04. The number of fused-ring (bicyclic) bond motifs is 1. The number of aromatic amines is 1. The van der Waals surface area contributed by atoms with Gasteiger partial charge in [-0.15, -0.1) is 0 Å². The number of H-pyrrole nitrogens is 1. The molecule has 3 heterocycles. The quantitative estimate of drug-likeness (QED) is 0.928. The van der Waals surface area contributed by atoms with Crippen molar-refractivity contribution in [3.8, 4) is 0 Å². The largest absolute Gasteiger partial charge is 0.338 e. The van der Waals surface area contributed by atoms with Gasteiger partial charge in [-0.05, 0) is 19.8 Å². The van der Waals surface area contributed by atoms with Gasteiger partial charge in [-0.3, -0.25) is 9.89 Å². The second kappa shape index (κ2) is 5.23. The highest BCUT2D eigenvalue weighted by Crippen LogP contribution is 2.38. The molecule has 0 radical (unpaired) electrons. The second-order valence-corrected chi connectivity index (χ2v) is 6.23. The standard InChI is InChI=1S/C15H19N5O2/c1-9-13(19-22-18-9)7-14(21)20-6-5-12-11(8-20)15(17-16-12)10-3-2-4-10/h10H,2-8H2,1H3,(H,16,17). The molecule has 1 N–H and O–H groups in total. The predicted octanol–water partition coefficient (Wildman–Crippen LogP) is 1.50. The van der Waals surface area contributed by atoms with E-state index in [0.29, 0.717) is 23.9 Å². The number of hydrogen-bond donors (Lipinski definition) is 1. The summed E-state index contributed by atoms with van der Waals surface area (Å²) in [6, 6.07) is 0. The summed E-state index contributed by atoms with van der Waals surface area (Å²) in [5.74, 6) is 0.655. The highest BCUT2D eigenvalue weighted by Gasteiger charge is 2.31. The van der Waals surface area contributed by atoms with Crippen LogP contribution in [0.3, 0.4) is 0 Å². The number of carbonyl (C=O) groups is 1. The van der Waals surface area contributed by atoms with Crippen LogP contribution in [0.25, 0.3) is 0 Å². The Balaban J connectivity index is 1.50. The van der Waals surface area contributed by atoms with Crippen LogP contribution in [0.5, 0.6) is 0 Å². The second-order valence-electron chi connectivity index (χ2n) is 6.23. The van der Waals surface area contributed by atoms with Crippen molar-refractivity contribution in [3.05, 3.63) is 28.3 Å². The van der Waals surface area contributed by atoms with Crippen molar-refractivity contribution in [3.63, 3.8) is 0 Å². The lowest BCUT2D eigenvalue weighted by atomic mass is 9.81. The lowest BCUT2D eigenvalue weighted by Gasteiger charge is -2.30. The van der Waals surface area contributed by atoms with Gasteiger partial charge in [-0.2, -0.15) is 5.10 Å². The molecule has 0 bridgehead atoms. The van der Waals surface area contributed by atoms with Crippen LogP contribution in [0.2, 0.25) is 0 Å². The van der Waals surface area contributed by atoms with Crippen molar-refractivity contribution < 1.29 is 9.42 Å². The highest BCUT2D eigenvalue weighted by atomic mass is 16.6. The third-order valence-electron chi connectivity index (χ3n) is 4.88. The van der Waals surface area contributed by atoms with Crippen LogP contribution in [-0.2, 0) is 24.2 Å². The van der Waals surface area contributed by atoms with Crippen LogP contribution in [0.4, 0.5) is 0 Å². The molecule has 0 aromatic carbocycles. The molecule has 2 aliphatic rings. The molecule has 2 aromatic rings. The van der Waals surface area contributed by atoms with Crippen LogP contribution in [0, 0.1) is 6.92 Å². The smallest absolute Gasteiger partial charge is 0.229 e. The first kappa shape index (κ1) is 13.5. The van der Waals surface area contributed by atoms with E-state index in [-0.39, 0.29) is 12.3 Å². The molecule has 4 rings (SSSR count). The molecule has 0 atom stereocenters. The summed E-state index contributed by atoms with van der Waals surface area (Å²) >= 11 is 0. The summed E-state index contributed by atoms with van der Waals surface area (Å²) in [7, 11) is 0. The minimum Gasteiger partial charge on any atom is -0.338 e. The van der Waals surface area contributed by atoms with Gasteiger partial charge < -0.3 is 4.90 Å². The monoisotopic (exact) mass is 301 g/mol.